The Balaban J connectivity index is 1.36. The molecule has 0 aliphatic carbocycles. The van der Waals surface area contributed by atoms with Crippen LogP contribution in [0, 0.1) is 6.92 Å². The summed E-state index contributed by atoms with van der Waals surface area (Å²) in [5.41, 5.74) is 5.36. The lowest BCUT2D eigenvalue weighted by Gasteiger charge is -2.07. The molecule has 2 aromatic carbocycles. The van der Waals surface area contributed by atoms with Crippen LogP contribution in [0.2, 0.25) is 0 Å². The molecule has 0 atom stereocenters. The summed E-state index contributed by atoms with van der Waals surface area (Å²) in [7, 11) is 0. The maximum absolute atomic E-state index is 4.49. The summed E-state index contributed by atoms with van der Waals surface area (Å²) < 4.78 is 0. The van der Waals surface area contributed by atoms with Crippen molar-refractivity contribution in [2.75, 3.05) is 0 Å². The number of rotatable bonds is 6. The van der Waals surface area contributed by atoms with Gasteiger partial charge in [-0.3, -0.25) is 0 Å². The lowest BCUT2D eigenvalue weighted by molar-refractivity contribution is 0.689. The Bertz CT molecular complexity index is 1010. The first-order chi connectivity index (χ1) is 13.3. The molecule has 0 saturated heterocycles. The Morgan fingerprint density at radius 1 is 0.852 bits per heavy atom. The highest BCUT2D eigenvalue weighted by molar-refractivity contribution is 5.56. The van der Waals surface area contributed by atoms with E-state index < -0.39 is 0 Å². The highest BCUT2D eigenvalue weighted by atomic mass is 15.5. The molecule has 7 heteroatoms. The molecule has 0 radical (unpaired) electrons. The number of nitrogens with one attached hydrogen (secondary N) is 2. The molecule has 0 spiro atoms. The third kappa shape index (κ3) is 4.21. The first kappa shape index (κ1) is 17.0. The fraction of sp³-hybridized carbons (Fsp3) is 0.150. The van der Waals surface area contributed by atoms with Gasteiger partial charge >= 0.3 is 0 Å². The molecule has 4 rings (SSSR count). The van der Waals surface area contributed by atoms with E-state index in [1.54, 1.807) is 0 Å². The molecule has 0 bridgehead atoms. The van der Waals surface area contributed by atoms with Crippen LogP contribution in [0.15, 0.2) is 60.9 Å². The van der Waals surface area contributed by atoms with Crippen molar-refractivity contribution < 1.29 is 0 Å². The SMILES string of the molecule is Cc1cccc(-c2ncc(CNCc3cccc(-c4nn[nH]n4)c3)cn2)c1. The first-order valence-corrected chi connectivity index (χ1v) is 8.69. The summed E-state index contributed by atoms with van der Waals surface area (Å²) in [6, 6.07) is 16.3. The van der Waals surface area contributed by atoms with Gasteiger partial charge in [0.15, 0.2) is 5.82 Å². The number of hydrogen-bond acceptors (Lipinski definition) is 6. The molecular weight excluding hydrogens is 338 g/mol. The van der Waals surface area contributed by atoms with Crippen molar-refractivity contribution in [3.05, 3.63) is 77.6 Å². The van der Waals surface area contributed by atoms with Crippen LogP contribution in [0.1, 0.15) is 16.7 Å². The smallest absolute Gasteiger partial charge is 0.204 e. The number of hydrogen-bond donors (Lipinski definition) is 2. The summed E-state index contributed by atoms with van der Waals surface area (Å²) in [5, 5.41) is 17.5. The van der Waals surface area contributed by atoms with Gasteiger partial charge in [-0.05, 0) is 29.8 Å². The fourth-order valence-corrected chi connectivity index (χ4v) is 2.83. The van der Waals surface area contributed by atoms with Crippen molar-refractivity contribution in [1.29, 1.82) is 0 Å². The molecule has 0 aliphatic rings. The van der Waals surface area contributed by atoms with Crippen molar-refractivity contribution >= 4 is 0 Å². The summed E-state index contributed by atoms with van der Waals surface area (Å²) in [6.45, 7) is 3.49. The predicted octanol–water partition coefficient (Wildman–Crippen LogP) is 2.92. The Morgan fingerprint density at radius 3 is 2.33 bits per heavy atom. The Morgan fingerprint density at radius 2 is 1.59 bits per heavy atom. The maximum atomic E-state index is 4.49. The molecule has 4 aromatic rings. The summed E-state index contributed by atoms with van der Waals surface area (Å²) >= 11 is 0. The van der Waals surface area contributed by atoms with Crippen molar-refractivity contribution in [3.63, 3.8) is 0 Å². The van der Waals surface area contributed by atoms with Gasteiger partial charge in [0.05, 0.1) is 0 Å². The van der Waals surface area contributed by atoms with Crippen molar-refractivity contribution in [1.82, 2.24) is 35.9 Å². The monoisotopic (exact) mass is 357 g/mol. The molecule has 0 amide bonds. The number of tetrazole rings is 1. The van der Waals surface area contributed by atoms with Crippen molar-refractivity contribution in [2.24, 2.45) is 0 Å². The van der Waals surface area contributed by atoms with E-state index in [0.717, 1.165) is 34.6 Å². The molecule has 2 aromatic heterocycles. The van der Waals surface area contributed by atoms with E-state index >= 15 is 0 Å². The highest BCUT2D eigenvalue weighted by Crippen LogP contribution is 2.16. The minimum atomic E-state index is 0.594. The van der Waals surface area contributed by atoms with Gasteiger partial charge in [-0.1, -0.05) is 42.0 Å². The number of aryl methyl sites for hydroxylation is 1. The van der Waals surface area contributed by atoms with Crippen LogP contribution in [0.3, 0.4) is 0 Å². The quantitative estimate of drug-likeness (QED) is 0.551. The van der Waals surface area contributed by atoms with E-state index in [1.165, 1.54) is 5.56 Å². The lowest BCUT2D eigenvalue weighted by Crippen LogP contribution is -2.13. The normalized spacial score (nSPS) is 10.9. The summed E-state index contributed by atoms with van der Waals surface area (Å²) in [5.74, 6) is 1.34. The second-order valence-corrected chi connectivity index (χ2v) is 6.32. The Labute approximate surface area is 156 Å². The number of benzene rings is 2. The van der Waals surface area contributed by atoms with Crippen LogP contribution in [0.4, 0.5) is 0 Å². The van der Waals surface area contributed by atoms with E-state index in [1.807, 2.05) is 36.7 Å². The minimum absolute atomic E-state index is 0.594. The van der Waals surface area contributed by atoms with Crippen LogP contribution in [0.25, 0.3) is 22.8 Å². The highest BCUT2D eigenvalue weighted by Gasteiger charge is 2.04. The van der Waals surface area contributed by atoms with Gasteiger partial charge < -0.3 is 5.32 Å². The third-order valence-corrected chi connectivity index (χ3v) is 4.17. The van der Waals surface area contributed by atoms with Gasteiger partial charge in [-0.2, -0.15) is 5.21 Å². The van der Waals surface area contributed by atoms with E-state index in [9.17, 15) is 0 Å². The summed E-state index contributed by atoms with van der Waals surface area (Å²) in [4.78, 5) is 8.97. The molecule has 0 saturated carbocycles. The molecular formula is C20H19N7. The van der Waals surface area contributed by atoms with E-state index in [4.69, 9.17) is 0 Å². The van der Waals surface area contributed by atoms with Crippen LogP contribution >= 0.6 is 0 Å². The van der Waals surface area contributed by atoms with Crippen molar-refractivity contribution in [2.45, 2.75) is 20.0 Å². The van der Waals surface area contributed by atoms with Crippen molar-refractivity contribution in [3.8, 4) is 22.8 Å². The molecule has 0 aliphatic heterocycles. The molecule has 0 fully saturated rings. The molecule has 2 N–H and O–H groups in total. The third-order valence-electron chi connectivity index (χ3n) is 4.17. The average Bonchev–Trinajstić information content (AvgIpc) is 3.24. The number of nitrogens with zero attached hydrogens (tertiary/aromatic N) is 5. The van der Waals surface area contributed by atoms with Crippen LogP contribution in [-0.4, -0.2) is 30.6 Å². The topological polar surface area (TPSA) is 92.3 Å². The van der Waals surface area contributed by atoms with E-state index in [2.05, 4.69) is 67.1 Å². The van der Waals surface area contributed by atoms with Gasteiger partial charge in [0.1, 0.15) is 0 Å². The van der Waals surface area contributed by atoms with Gasteiger partial charge in [-0.15, -0.1) is 10.2 Å². The Hall–Kier alpha value is -3.45. The van der Waals surface area contributed by atoms with Crippen LogP contribution in [-0.2, 0) is 13.1 Å². The maximum Gasteiger partial charge on any atom is 0.204 e. The predicted molar refractivity (Wildman–Crippen MR) is 102 cm³/mol. The zero-order chi connectivity index (χ0) is 18.5. The molecule has 2 heterocycles. The largest absolute Gasteiger partial charge is 0.309 e. The lowest BCUT2D eigenvalue weighted by atomic mass is 10.1. The summed E-state index contributed by atoms with van der Waals surface area (Å²) in [6.07, 6.45) is 3.74. The zero-order valence-corrected chi connectivity index (χ0v) is 14.9. The Kier molecular flexibility index (Phi) is 4.93. The zero-order valence-electron chi connectivity index (χ0n) is 14.9. The minimum Gasteiger partial charge on any atom is -0.309 e. The van der Waals surface area contributed by atoms with Gasteiger partial charge in [0, 0.05) is 42.2 Å². The first-order valence-electron chi connectivity index (χ1n) is 8.69. The second-order valence-electron chi connectivity index (χ2n) is 6.32. The standard InChI is InChI=1S/C20H19N7/c1-14-4-2-6-17(8-14)19-22-12-16(13-23-19)11-21-10-15-5-3-7-18(9-15)20-24-26-27-25-20/h2-9,12-13,21H,10-11H2,1H3,(H,24,25,26,27). The van der Waals surface area contributed by atoms with Gasteiger partial charge in [-0.25, -0.2) is 9.97 Å². The molecule has 134 valence electrons. The molecule has 0 unspecified atom stereocenters. The van der Waals surface area contributed by atoms with Gasteiger partial charge in [0.2, 0.25) is 5.82 Å². The number of aromatic amines is 1. The van der Waals surface area contributed by atoms with E-state index in [0.29, 0.717) is 12.4 Å². The average molecular weight is 357 g/mol. The fourth-order valence-electron chi connectivity index (χ4n) is 2.83. The van der Waals surface area contributed by atoms with Crippen LogP contribution < -0.4 is 5.32 Å². The number of aromatic nitrogens is 6. The molecule has 27 heavy (non-hydrogen) atoms. The number of H-pyrrole nitrogens is 1. The molecule has 7 nitrogen and oxygen atoms in total. The van der Waals surface area contributed by atoms with E-state index in [-0.39, 0.29) is 0 Å². The van der Waals surface area contributed by atoms with Crippen LogP contribution in [0.5, 0.6) is 0 Å². The van der Waals surface area contributed by atoms with Gasteiger partial charge in [0.25, 0.3) is 0 Å². The second kappa shape index (κ2) is 7.84.